The molecule has 3 heterocycles. The molecule has 0 fully saturated rings. The number of halogens is 1. The van der Waals surface area contributed by atoms with Gasteiger partial charge in [0.15, 0.2) is 5.16 Å². The van der Waals surface area contributed by atoms with Crippen LogP contribution in [0.25, 0.3) is 11.0 Å². The molecule has 0 atom stereocenters. The van der Waals surface area contributed by atoms with E-state index in [9.17, 15) is 4.79 Å². The molecule has 0 aliphatic rings. The highest BCUT2D eigenvalue weighted by atomic mass is 35.5. The summed E-state index contributed by atoms with van der Waals surface area (Å²) in [4.78, 5) is 22.9. The summed E-state index contributed by atoms with van der Waals surface area (Å²) in [6.07, 6.45) is 4.46. The summed E-state index contributed by atoms with van der Waals surface area (Å²) in [5.41, 5.74) is 4.85. The second kappa shape index (κ2) is 11.1. The van der Waals surface area contributed by atoms with Gasteiger partial charge in [-0.25, -0.2) is 4.98 Å². The Morgan fingerprint density at radius 1 is 1.03 bits per heavy atom. The number of hydrogen-bond donors (Lipinski definition) is 1. The predicted molar refractivity (Wildman–Crippen MR) is 144 cm³/mol. The highest BCUT2D eigenvalue weighted by Crippen LogP contribution is 2.28. The molecule has 5 aromatic rings. The number of nitrogens with zero attached hydrogens (tertiary/aromatic N) is 3. The fourth-order valence-corrected chi connectivity index (χ4v) is 5.54. The zero-order chi connectivity index (χ0) is 24.0. The lowest BCUT2D eigenvalue weighted by atomic mass is 10.1. The van der Waals surface area contributed by atoms with Gasteiger partial charge in [0.2, 0.25) is 0 Å². The van der Waals surface area contributed by atoms with Crippen molar-refractivity contribution in [1.82, 2.24) is 19.9 Å². The lowest BCUT2D eigenvalue weighted by molar-refractivity contribution is 0.0954. The number of amides is 1. The lowest BCUT2D eigenvalue weighted by Gasteiger charge is -2.10. The lowest BCUT2D eigenvalue weighted by Crippen LogP contribution is -2.25. The fraction of sp³-hybridized carbons (Fsp3) is 0.148. The van der Waals surface area contributed by atoms with Gasteiger partial charge < -0.3 is 9.88 Å². The maximum absolute atomic E-state index is 12.5. The molecule has 0 radical (unpaired) electrons. The Labute approximate surface area is 217 Å². The second-order valence-electron chi connectivity index (χ2n) is 8.04. The molecule has 0 aliphatic heterocycles. The van der Waals surface area contributed by atoms with Crippen molar-refractivity contribution in [2.24, 2.45) is 0 Å². The number of carbonyl (C=O) groups excluding carboxylic acids is 1. The third kappa shape index (κ3) is 5.93. The van der Waals surface area contributed by atoms with Crippen LogP contribution in [0.15, 0.2) is 89.7 Å². The van der Waals surface area contributed by atoms with E-state index >= 15 is 0 Å². The van der Waals surface area contributed by atoms with Crippen LogP contribution in [0, 0.1) is 0 Å². The third-order valence-corrected chi connectivity index (χ3v) is 7.83. The molecule has 1 N–H and O–H groups in total. The molecule has 5 nitrogen and oxygen atoms in total. The van der Waals surface area contributed by atoms with Gasteiger partial charge in [0.25, 0.3) is 5.91 Å². The number of thioether (sulfide) groups is 1. The number of nitrogens with one attached hydrogen (secondary N) is 1. The van der Waals surface area contributed by atoms with E-state index in [0.29, 0.717) is 18.7 Å². The van der Waals surface area contributed by atoms with Crippen LogP contribution >= 0.6 is 34.7 Å². The van der Waals surface area contributed by atoms with Gasteiger partial charge in [0, 0.05) is 34.0 Å². The number of carbonyl (C=O) groups is 1. The zero-order valence-electron chi connectivity index (χ0n) is 18.9. The molecular weight excluding hydrogens is 496 g/mol. The Balaban J connectivity index is 1.28. The van der Waals surface area contributed by atoms with Crippen molar-refractivity contribution in [1.29, 1.82) is 0 Å². The van der Waals surface area contributed by atoms with Crippen LogP contribution in [0.5, 0.6) is 0 Å². The minimum atomic E-state index is -0.0513. The van der Waals surface area contributed by atoms with E-state index in [1.165, 1.54) is 10.4 Å². The van der Waals surface area contributed by atoms with Crippen molar-refractivity contribution < 1.29 is 4.79 Å². The van der Waals surface area contributed by atoms with Gasteiger partial charge in [0.1, 0.15) is 0 Å². The number of thiophene rings is 1. The van der Waals surface area contributed by atoms with Gasteiger partial charge in [-0.15, -0.1) is 11.3 Å². The molecule has 2 aromatic carbocycles. The Morgan fingerprint density at radius 2 is 1.83 bits per heavy atom. The summed E-state index contributed by atoms with van der Waals surface area (Å²) >= 11 is 9.41. The first-order chi connectivity index (χ1) is 17.2. The predicted octanol–water partition coefficient (Wildman–Crippen LogP) is 6.46. The highest BCUT2D eigenvalue weighted by molar-refractivity contribution is 7.98. The summed E-state index contributed by atoms with van der Waals surface area (Å²) < 4.78 is 2.18. The Kier molecular flexibility index (Phi) is 7.47. The monoisotopic (exact) mass is 518 g/mol. The van der Waals surface area contributed by atoms with Gasteiger partial charge in [-0.2, -0.15) is 0 Å². The number of rotatable bonds is 9. The fourth-order valence-electron chi connectivity index (χ4n) is 3.74. The average molecular weight is 519 g/mol. The van der Waals surface area contributed by atoms with Crippen LogP contribution in [0.1, 0.15) is 26.4 Å². The molecule has 0 spiro atoms. The summed E-state index contributed by atoms with van der Waals surface area (Å²) in [7, 11) is 0. The highest BCUT2D eigenvalue weighted by Gasteiger charge is 2.13. The molecular formula is C27H23ClN4OS2. The number of imidazole rings is 1. The topological polar surface area (TPSA) is 59.8 Å². The van der Waals surface area contributed by atoms with Crippen molar-refractivity contribution in [2.75, 3.05) is 6.54 Å². The third-order valence-electron chi connectivity index (χ3n) is 5.59. The molecule has 0 unspecified atom stereocenters. The quantitative estimate of drug-likeness (QED) is 0.227. The average Bonchev–Trinajstić information content (AvgIpc) is 3.52. The maximum Gasteiger partial charge on any atom is 0.251 e. The zero-order valence-corrected chi connectivity index (χ0v) is 21.2. The molecule has 5 rings (SSSR count). The smallest absolute Gasteiger partial charge is 0.251 e. The standard InChI is InChI=1S/C27H23ClN4OS2/c28-22-9-5-20(6-10-22)18-35-27-31-24-12-13-29-16-25(24)32(27)17-19-3-7-21(8-4-19)26(33)30-14-11-23-2-1-15-34-23/h1-10,12-13,15-16H,11,14,17-18H2,(H,30,33). The second-order valence-corrected chi connectivity index (χ2v) is 10.5. The van der Waals surface area contributed by atoms with Crippen molar-refractivity contribution in [2.45, 2.75) is 23.9 Å². The molecule has 35 heavy (non-hydrogen) atoms. The Bertz CT molecular complexity index is 1410. The minimum absolute atomic E-state index is 0.0513. The summed E-state index contributed by atoms with van der Waals surface area (Å²) in [5.74, 6) is 0.739. The first-order valence-corrected chi connectivity index (χ1v) is 13.5. The van der Waals surface area contributed by atoms with E-state index < -0.39 is 0 Å². The molecule has 0 aliphatic carbocycles. The van der Waals surface area contributed by atoms with E-state index in [0.717, 1.165) is 38.9 Å². The maximum atomic E-state index is 12.5. The van der Waals surface area contributed by atoms with Gasteiger partial charge in [-0.1, -0.05) is 53.7 Å². The molecule has 176 valence electrons. The Morgan fingerprint density at radius 3 is 2.60 bits per heavy atom. The van der Waals surface area contributed by atoms with E-state index in [1.807, 2.05) is 66.9 Å². The van der Waals surface area contributed by atoms with Crippen LogP contribution in [0.4, 0.5) is 0 Å². The summed E-state index contributed by atoms with van der Waals surface area (Å²) in [6, 6.07) is 21.7. The van der Waals surface area contributed by atoms with Crippen molar-refractivity contribution in [3.8, 4) is 0 Å². The number of benzene rings is 2. The number of pyridine rings is 1. The minimum Gasteiger partial charge on any atom is -0.352 e. The van der Waals surface area contributed by atoms with Crippen LogP contribution in [0.2, 0.25) is 5.02 Å². The van der Waals surface area contributed by atoms with Gasteiger partial charge in [-0.3, -0.25) is 9.78 Å². The Hall–Kier alpha value is -3.13. The first-order valence-electron chi connectivity index (χ1n) is 11.2. The molecule has 0 saturated carbocycles. The summed E-state index contributed by atoms with van der Waals surface area (Å²) in [5, 5.41) is 6.72. The largest absolute Gasteiger partial charge is 0.352 e. The van der Waals surface area contributed by atoms with Gasteiger partial charge in [-0.05, 0) is 59.3 Å². The number of aromatic nitrogens is 3. The SMILES string of the molecule is O=C(NCCc1cccs1)c1ccc(Cn2c(SCc3ccc(Cl)cc3)nc3ccncc32)cc1. The summed E-state index contributed by atoms with van der Waals surface area (Å²) in [6.45, 7) is 1.27. The normalized spacial score (nSPS) is 11.1. The molecule has 3 aromatic heterocycles. The van der Waals surface area contributed by atoms with Crippen LogP contribution in [-0.4, -0.2) is 27.0 Å². The van der Waals surface area contributed by atoms with E-state index in [2.05, 4.69) is 26.3 Å². The molecule has 8 heteroatoms. The van der Waals surface area contributed by atoms with Crippen LogP contribution in [-0.2, 0) is 18.7 Å². The van der Waals surface area contributed by atoms with E-state index in [-0.39, 0.29) is 5.91 Å². The number of fused-ring (bicyclic) bond motifs is 1. The number of hydrogen-bond acceptors (Lipinski definition) is 5. The van der Waals surface area contributed by atoms with E-state index in [1.54, 1.807) is 29.3 Å². The van der Waals surface area contributed by atoms with Crippen molar-refractivity contribution in [3.05, 3.63) is 111 Å². The first kappa shape index (κ1) is 23.6. The van der Waals surface area contributed by atoms with Crippen LogP contribution in [0.3, 0.4) is 0 Å². The van der Waals surface area contributed by atoms with Crippen molar-refractivity contribution in [3.63, 3.8) is 0 Å². The molecule has 1 amide bonds. The molecule has 0 saturated heterocycles. The molecule has 0 bridgehead atoms. The van der Waals surface area contributed by atoms with Crippen LogP contribution < -0.4 is 5.32 Å². The van der Waals surface area contributed by atoms with E-state index in [4.69, 9.17) is 16.6 Å². The van der Waals surface area contributed by atoms with Crippen molar-refractivity contribution >= 4 is 51.6 Å². The van der Waals surface area contributed by atoms with Gasteiger partial charge >= 0.3 is 0 Å². The van der Waals surface area contributed by atoms with Gasteiger partial charge in [0.05, 0.1) is 23.8 Å².